The molecular formula is C16H18FNO3. The first-order valence-corrected chi connectivity index (χ1v) is 6.52. The third kappa shape index (κ3) is 3.37. The van der Waals surface area contributed by atoms with Crippen LogP contribution in [0.15, 0.2) is 36.4 Å². The molecule has 0 aliphatic heterocycles. The molecule has 0 saturated carbocycles. The Hall–Kier alpha value is -2.43. The zero-order chi connectivity index (χ0) is 15.4. The van der Waals surface area contributed by atoms with Crippen molar-refractivity contribution in [2.75, 3.05) is 19.5 Å². The van der Waals surface area contributed by atoms with E-state index in [0.717, 1.165) is 6.07 Å². The largest absolute Gasteiger partial charge is 0.508 e. The molecule has 0 aliphatic carbocycles. The minimum atomic E-state index is -0.461. The molecule has 0 amide bonds. The van der Waals surface area contributed by atoms with Gasteiger partial charge in [-0.1, -0.05) is 6.07 Å². The molecule has 1 atom stereocenters. The first-order chi connectivity index (χ1) is 10.0. The molecule has 2 aromatic rings. The number of anilines is 1. The first kappa shape index (κ1) is 15.0. The number of ether oxygens (including phenoxy) is 2. The molecule has 5 heteroatoms. The van der Waals surface area contributed by atoms with Crippen molar-refractivity contribution in [3.63, 3.8) is 0 Å². The van der Waals surface area contributed by atoms with Crippen molar-refractivity contribution < 1.29 is 19.0 Å². The van der Waals surface area contributed by atoms with Gasteiger partial charge >= 0.3 is 0 Å². The van der Waals surface area contributed by atoms with Crippen LogP contribution in [0.4, 0.5) is 10.1 Å². The van der Waals surface area contributed by atoms with Crippen LogP contribution in [0.1, 0.15) is 18.5 Å². The zero-order valence-corrected chi connectivity index (χ0v) is 12.2. The van der Waals surface area contributed by atoms with Crippen LogP contribution in [-0.2, 0) is 0 Å². The maximum atomic E-state index is 13.9. The highest BCUT2D eigenvalue weighted by molar-refractivity contribution is 5.60. The Morgan fingerprint density at radius 3 is 2.48 bits per heavy atom. The predicted octanol–water partition coefficient (Wildman–Crippen LogP) is 3.72. The summed E-state index contributed by atoms with van der Waals surface area (Å²) in [5.74, 6) is 0.762. The molecule has 0 heterocycles. The van der Waals surface area contributed by atoms with Gasteiger partial charge in [0.25, 0.3) is 0 Å². The van der Waals surface area contributed by atoms with Crippen LogP contribution < -0.4 is 14.8 Å². The smallest absolute Gasteiger partial charge is 0.142 e. The van der Waals surface area contributed by atoms with Crippen molar-refractivity contribution in [1.82, 2.24) is 0 Å². The van der Waals surface area contributed by atoms with Crippen LogP contribution in [0, 0.1) is 5.82 Å². The molecule has 2 rings (SSSR count). The van der Waals surface area contributed by atoms with Gasteiger partial charge in [0.2, 0.25) is 0 Å². The van der Waals surface area contributed by atoms with E-state index in [9.17, 15) is 9.50 Å². The molecule has 0 aromatic heterocycles. The molecule has 2 aromatic carbocycles. The van der Waals surface area contributed by atoms with Crippen molar-refractivity contribution in [3.05, 3.63) is 47.8 Å². The number of phenols is 1. The van der Waals surface area contributed by atoms with E-state index in [-0.39, 0.29) is 11.8 Å². The molecule has 21 heavy (non-hydrogen) atoms. The van der Waals surface area contributed by atoms with E-state index in [2.05, 4.69) is 5.32 Å². The number of hydrogen-bond donors (Lipinski definition) is 2. The van der Waals surface area contributed by atoms with Crippen LogP contribution in [0.2, 0.25) is 0 Å². The molecule has 0 radical (unpaired) electrons. The van der Waals surface area contributed by atoms with Crippen molar-refractivity contribution >= 4 is 5.69 Å². The summed E-state index contributed by atoms with van der Waals surface area (Å²) >= 11 is 0. The van der Waals surface area contributed by atoms with E-state index in [1.54, 1.807) is 38.5 Å². The molecule has 1 unspecified atom stereocenters. The van der Waals surface area contributed by atoms with Gasteiger partial charge in [0, 0.05) is 17.7 Å². The number of nitrogens with one attached hydrogen (secondary N) is 1. The Morgan fingerprint density at radius 2 is 1.86 bits per heavy atom. The molecule has 0 fully saturated rings. The SMILES string of the molecule is COc1ccc(OC)c(NC(C)c2ccc(O)cc2F)c1. The predicted molar refractivity (Wildman–Crippen MR) is 79.6 cm³/mol. The Bertz CT molecular complexity index is 631. The summed E-state index contributed by atoms with van der Waals surface area (Å²) in [5, 5.41) is 12.4. The van der Waals surface area contributed by atoms with Crippen LogP contribution in [-0.4, -0.2) is 19.3 Å². The normalized spacial score (nSPS) is 11.8. The Labute approximate surface area is 123 Å². The maximum absolute atomic E-state index is 13.9. The quantitative estimate of drug-likeness (QED) is 0.881. The lowest BCUT2D eigenvalue weighted by Gasteiger charge is -2.19. The highest BCUT2D eigenvalue weighted by Gasteiger charge is 2.14. The highest BCUT2D eigenvalue weighted by Crippen LogP contribution is 2.32. The maximum Gasteiger partial charge on any atom is 0.142 e. The van der Waals surface area contributed by atoms with E-state index < -0.39 is 5.82 Å². The second-order valence-electron chi connectivity index (χ2n) is 4.64. The molecule has 112 valence electrons. The fourth-order valence-corrected chi connectivity index (χ4v) is 2.11. The molecule has 0 saturated heterocycles. The topological polar surface area (TPSA) is 50.7 Å². The van der Waals surface area contributed by atoms with Gasteiger partial charge in [0.1, 0.15) is 23.1 Å². The van der Waals surface area contributed by atoms with Gasteiger partial charge in [-0.05, 0) is 25.1 Å². The first-order valence-electron chi connectivity index (χ1n) is 6.52. The third-order valence-electron chi connectivity index (χ3n) is 3.23. The molecule has 0 spiro atoms. The number of phenolic OH excluding ortho intramolecular Hbond substituents is 1. The van der Waals surface area contributed by atoms with Gasteiger partial charge < -0.3 is 19.9 Å². The molecule has 0 aliphatic rings. The monoisotopic (exact) mass is 291 g/mol. The lowest BCUT2D eigenvalue weighted by Crippen LogP contribution is -2.09. The van der Waals surface area contributed by atoms with Crippen molar-refractivity contribution in [2.24, 2.45) is 0 Å². The van der Waals surface area contributed by atoms with Gasteiger partial charge in [0.05, 0.1) is 25.9 Å². The summed E-state index contributed by atoms with van der Waals surface area (Å²) in [6.07, 6.45) is 0. The molecule has 2 N–H and O–H groups in total. The van der Waals surface area contributed by atoms with Crippen molar-refractivity contribution in [1.29, 1.82) is 0 Å². The van der Waals surface area contributed by atoms with Crippen LogP contribution in [0.25, 0.3) is 0 Å². The average Bonchev–Trinajstić information content (AvgIpc) is 2.46. The van der Waals surface area contributed by atoms with Gasteiger partial charge in [-0.15, -0.1) is 0 Å². The standard InChI is InChI=1S/C16H18FNO3/c1-10(13-6-4-11(19)8-14(13)17)18-15-9-12(20-2)5-7-16(15)21-3/h4-10,18-19H,1-3H3. The number of hydrogen-bond acceptors (Lipinski definition) is 4. The summed E-state index contributed by atoms with van der Waals surface area (Å²) in [7, 11) is 3.15. The molecule has 0 bridgehead atoms. The molecular weight excluding hydrogens is 273 g/mol. The minimum absolute atomic E-state index is 0.0950. The van der Waals surface area contributed by atoms with Gasteiger partial charge in [0.15, 0.2) is 0 Å². The number of rotatable bonds is 5. The Kier molecular flexibility index (Phi) is 4.52. The average molecular weight is 291 g/mol. The van der Waals surface area contributed by atoms with E-state index in [1.165, 1.54) is 6.07 Å². The fraction of sp³-hybridized carbons (Fsp3) is 0.250. The van der Waals surface area contributed by atoms with Gasteiger partial charge in [-0.2, -0.15) is 0 Å². The van der Waals surface area contributed by atoms with Crippen LogP contribution in [0.3, 0.4) is 0 Å². The summed E-state index contributed by atoms with van der Waals surface area (Å²) < 4.78 is 24.3. The van der Waals surface area contributed by atoms with Gasteiger partial charge in [-0.3, -0.25) is 0 Å². The lowest BCUT2D eigenvalue weighted by molar-refractivity contribution is 0.404. The second kappa shape index (κ2) is 6.35. The number of benzene rings is 2. The minimum Gasteiger partial charge on any atom is -0.508 e. The van der Waals surface area contributed by atoms with Crippen LogP contribution >= 0.6 is 0 Å². The Balaban J connectivity index is 2.28. The zero-order valence-electron chi connectivity index (χ0n) is 12.2. The van der Waals surface area contributed by atoms with E-state index >= 15 is 0 Å². The third-order valence-corrected chi connectivity index (χ3v) is 3.23. The fourth-order valence-electron chi connectivity index (χ4n) is 2.11. The lowest BCUT2D eigenvalue weighted by atomic mass is 10.1. The number of aromatic hydroxyl groups is 1. The number of halogens is 1. The van der Waals surface area contributed by atoms with Crippen molar-refractivity contribution in [3.8, 4) is 17.2 Å². The van der Waals surface area contributed by atoms with E-state index in [1.807, 2.05) is 6.92 Å². The van der Waals surface area contributed by atoms with Crippen molar-refractivity contribution in [2.45, 2.75) is 13.0 Å². The second-order valence-corrected chi connectivity index (χ2v) is 4.64. The van der Waals surface area contributed by atoms with E-state index in [0.29, 0.717) is 22.7 Å². The Morgan fingerprint density at radius 1 is 1.10 bits per heavy atom. The number of methoxy groups -OCH3 is 2. The summed E-state index contributed by atoms with van der Waals surface area (Å²) in [4.78, 5) is 0. The summed E-state index contributed by atoms with van der Waals surface area (Å²) in [5.41, 5.74) is 1.16. The van der Waals surface area contributed by atoms with E-state index in [4.69, 9.17) is 9.47 Å². The van der Waals surface area contributed by atoms with Gasteiger partial charge in [-0.25, -0.2) is 4.39 Å². The highest BCUT2D eigenvalue weighted by atomic mass is 19.1. The molecule has 4 nitrogen and oxygen atoms in total. The summed E-state index contributed by atoms with van der Waals surface area (Å²) in [6.45, 7) is 1.83. The van der Waals surface area contributed by atoms with Crippen LogP contribution in [0.5, 0.6) is 17.2 Å². The summed E-state index contributed by atoms with van der Waals surface area (Å²) in [6, 6.07) is 9.15.